The van der Waals surface area contributed by atoms with Crippen molar-refractivity contribution in [2.75, 3.05) is 11.9 Å². The Kier molecular flexibility index (Phi) is 3.40. The van der Waals surface area contributed by atoms with Crippen LogP contribution >= 0.6 is 11.6 Å². The minimum absolute atomic E-state index is 0.00918. The summed E-state index contributed by atoms with van der Waals surface area (Å²) < 4.78 is 0. The highest BCUT2D eigenvalue weighted by atomic mass is 35.5. The maximum atomic E-state index is 12.1. The summed E-state index contributed by atoms with van der Waals surface area (Å²) in [6, 6.07) is 5.56. The maximum Gasteiger partial charge on any atom is 0.244 e. The second-order valence-electron chi connectivity index (χ2n) is 4.78. The summed E-state index contributed by atoms with van der Waals surface area (Å²) in [6.45, 7) is 4.78. The molecule has 1 saturated heterocycles. The zero-order chi connectivity index (χ0) is 12.5. The van der Waals surface area contributed by atoms with Gasteiger partial charge in [0.05, 0.1) is 5.54 Å². The van der Waals surface area contributed by atoms with E-state index in [-0.39, 0.29) is 5.91 Å². The molecule has 17 heavy (non-hydrogen) atoms. The largest absolute Gasteiger partial charge is 0.324 e. The van der Waals surface area contributed by atoms with Crippen molar-refractivity contribution in [2.24, 2.45) is 0 Å². The first-order valence-corrected chi connectivity index (χ1v) is 6.22. The van der Waals surface area contributed by atoms with Crippen LogP contribution in [0.3, 0.4) is 0 Å². The summed E-state index contributed by atoms with van der Waals surface area (Å²) in [4.78, 5) is 12.1. The van der Waals surface area contributed by atoms with E-state index >= 15 is 0 Å². The van der Waals surface area contributed by atoms with Gasteiger partial charge in [-0.1, -0.05) is 17.7 Å². The van der Waals surface area contributed by atoms with Gasteiger partial charge in [0.2, 0.25) is 5.91 Å². The van der Waals surface area contributed by atoms with Crippen molar-refractivity contribution < 1.29 is 4.79 Å². The van der Waals surface area contributed by atoms with Crippen LogP contribution in [-0.4, -0.2) is 18.0 Å². The topological polar surface area (TPSA) is 41.1 Å². The lowest BCUT2D eigenvalue weighted by atomic mass is 9.99. The lowest BCUT2D eigenvalue weighted by molar-refractivity contribution is -0.121. The van der Waals surface area contributed by atoms with Crippen molar-refractivity contribution in [3.63, 3.8) is 0 Å². The van der Waals surface area contributed by atoms with Gasteiger partial charge in [-0.05, 0) is 50.9 Å². The quantitative estimate of drug-likeness (QED) is 0.850. The first kappa shape index (κ1) is 12.4. The van der Waals surface area contributed by atoms with Gasteiger partial charge < -0.3 is 10.6 Å². The first-order chi connectivity index (χ1) is 8.01. The van der Waals surface area contributed by atoms with Crippen LogP contribution in [0.5, 0.6) is 0 Å². The summed E-state index contributed by atoms with van der Waals surface area (Å²) in [5.74, 6) is 0.00918. The lowest BCUT2D eigenvalue weighted by Gasteiger charge is -2.23. The number of anilines is 1. The van der Waals surface area contributed by atoms with Gasteiger partial charge in [0.1, 0.15) is 0 Å². The molecule has 1 aromatic carbocycles. The summed E-state index contributed by atoms with van der Waals surface area (Å²) in [5.41, 5.74) is 1.31. The third kappa shape index (κ3) is 2.61. The van der Waals surface area contributed by atoms with Gasteiger partial charge in [0.15, 0.2) is 0 Å². The van der Waals surface area contributed by atoms with Crippen molar-refractivity contribution in [3.8, 4) is 0 Å². The predicted octanol–water partition coefficient (Wildman–Crippen LogP) is 2.73. The van der Waals surface area contributed by atoms with Gasteiger partial charge in [-0.2, -0.15) is 0 Å². The number of halogens is 1. The fourth-order valence-electron chi connectivity index (χ4n) is 2.03. The number of amides is 1. The van der Waals surface area contributed by atoms with E-state index in [0.717, 1.165) is 30.6 Å². The van der Waals surface area contributed by atoms with Crippen LogP contribution in [0.2, 0.25) is 5.02 Å². The number of carbonyl (C=O) groups excluding carboxylic acids is 1. The van der Waals surface area contributed by atoms with E-state index in [0.29, 0.717) is 5.02 Å². The average Bonchev–Trinajstić information content (AvgIpc) is 2.72. The summed E-state index contributed by atoms with van der Waals surface area (Å²) in [5, 5.41) is 6.81. The molecule has 1 fully saturated rings. The molecule has 4 heteroatoms. The van der Waals surface area contributed by atoms with Gasteiger partial charge >= 0.3 is 0 Å². The van der Waals surface area contributed by atoms with E-state index in [9.17, 15) is 4.79 Å². The molecule has 0 radical (unpaired) electrons. The van der Waals surface area contributed by atoms with Crippen LogP contribution < -0.4 is 10.6 Å². The second-order valence-corrected chi connectivity index (χ2v) is 5.19. The molecule has 1 aliphatic rings. The molecule has 3 nitrogen and oxygen atoms in total. The first-order valence-electron chi connectivity index (χ1n) is 5.84. The van der Waals surface area contributed by atoms with Crippen LogP contribution in [-0.2, 0) is 4.79 Å². The molecule has 92 valence electrons. The number of benzene rings is 1. The van der Waals surface area contributed by atoms with E-state index in [1.54, 1.807) is 6.07 Å². The summed E-state index contributed by atoms with van der Waals surface area (Å²) >= 11 is 6.02. The number of hydrogen-bond acceptors (Lipinski definition) is 2. The zero-order valence-corrected chi connectivity index (χ0v) is 10.9. The van der Waals surface area contributed by atoms with Gasteiger partial charge in [-0.3, -0.25) is 4.79 Å². The molecule has 1 aliphatic heterocycles. The van der Waals surface area contributed by atoms with Crippen molar-refractivity contribution in [3.05, 3.63) is 28.8 Å². The number of aryl methyl sites for hydroxylation is 1. The highest BCUT2D eigenvalue weighted by Gasteiger charge is 2.35. The second kappa shape index (κ2) is 4.67. The summed E-state index contributed by atoms with van der Waals surface area (Å²) in [7, 11) is 0. The molecular formula is C13H17ClN2O. The minimum Gasteiger partial charge on any atom is -0.324 e. The third-order valence-corrected chi connectivity index (χ3v) is 3.71. The molecule has 1 unspecified atom stereocenters. The molecule has 1 amide bonds. The normalized spacial score (nSPS) is 23.7. The number of nitrogens with one attached hydrogen (secondary N) is 2. The minimum atomic E-state index is -0.447. The zero-order valence-electron chi connectivity index (χ0n) is 10.1. The molecular weight excluding hydrogens is 236 g/mol. The fraction of sp³-hybridized carbons (Fsp3) is 0.462. The van der Waals surface area contributed by atoms with Crippen LogP contribution in [0.15, 0.2) is 18.2 Å². The molecule has 1 aromatic rings. The fourth-order valence-corrected chi connectivity index (χ4v) is 2.21. The van der Waals surface area contributed by atoms with Crippen LogP contribution in [0.25, 0.3) is 0 Å². The van der Waals surface area contributed by atoms with Crippen molar-refractivity contribution in [1.82, 2.24) is 5.32 Å². The van der Waals surface area contributed by atoms with E-state index in [2.05, 4.69) is 10.6 Å². The third-order valence-electron chi connectivity index (χ3n) is 3.30. The summed E-state index contributed by atoms with van der Waals surface area (Å²) in [6.07, 6.45) is 1.91. The average molecular weight is 253 g/mol. The van der Waals surface area contributed by atoms with Gasteiger partial charge in [-0.15, -0.1) is 0 Å². The SMILES string of the molecule is Cc1ccc(NC(=O)C2(C)CCCN2)cc1Cl. The van der Waals surface area contributed by atoms with Crippen molar-refractivity contribution >= 4 is 23.2 Å². The highest BCUT2D eigenvalue weighted by Crippen LogP contribution is 2.23. The molecule has 1 heterocycles. The van der Waals surface area contributed by atoms with E-state index in [1.807, 2.05) is 26.0 Å². The standard InChI is InChI=1S/C13H17ClN2O/c1-9-4-5-10(8-11(9)14)16-12(17)13(2)6-3-7-15-13/h4-5,8,15H,3,6-7H2,1-2H3,(H,16,17). The molecule has 0 aliphatic carbocycles. The predicted molar refractivity (Wildman–Crippen MR) is 70.5 cm³/mol. The van der Waals surface area contributed by atoms with Gasteiger partial charge in [0, 0.05) is 10.7 Å². The Hall–Kier alpha value is -1.06. The Morgan fingerprint density at radius 2 is 2.29 bits per heavy atom. The molecule has 1 atom stereocenters. The molecule has 0 bridgehead atoms. The van der Waals surface area contributed by atoms with E-state index in [4.69, 9.17) is 11.6 Å². The number of hydrogen-bond donors (Lipinski definition) is 2. The van der Waals surface area contributed by atoms with Crippen LogP contribution in [0.4, 0.5) is 5.69 Å². The molecule has 0 spiro atoms. The molecule has 2 rings (SSSR count). The Bertz CT molecular complexity index is 439. The molecule has 0 aromatic heterocycles. The number of rotatable bonds is 2. The van der Waals surface area contributed by atoms with Crippen LogP contribution in [0.1, 0.15) is 25.3 Å². The van der Waals surface area contributed by atoms with Gasteiger partial charge in [-0.25, -0.2) is 0 Å². The maximum absolute atomic E-state index is 12.1. The Balaban J connectivity index is 2.10. The Labute approximate surface area is 107 Å². The lowest BCUT2D eigenvalue weighted by Crippen LogP contribution is -2.47. The monoisotopic (exact) mass is 252 g/mol. The van der Waals surface area contributed by atoms with Gasteiger partial charge in [0.25, 0.3) is 0 Å². The van der Waals surface area contributed by atoms with Crippen LogP contribution in [0, 0.1) is 6.92 Å². The highest BCUT2D eigenvalue weighted by molar-refractivity contribution is 6.31. The molecule has 2 N–H and O–H groups in total. The van der Waals surface area contributed by atoms with E-state index in [1.165, 1.54) is 0 Å². The molecule has 0 saturated carbocycles. The number of carbonyl (C=O) groups is 1. The Morgan fingerprint density at radius 3 is 2.88 bits per heavy atom. The smallest absolute Gasteiger partial charge is 0.244 e. The van der Waals surface area contributed by atoms with Crippen molar-refractivity contribution in [2.45, 2.75) is 32.2 Å². The van der Waals surface area contributed by atoms with Crippen molar-refractivity contribution in [1.29, 1.82) is 0 Å². The Morgan fingerprint density at radius 1 is 1.53 bits per heavy atom. The van der Waals surface area contributed by atoms with E-state index < -0.39 is 5.54 Å².